The first-order valence-electron chi connectivity index (χ1n) is 5.20. The normalized spacial score (nSPS) is 12.2. The third-order valence-corrected chi connectivity index (χ3v) is 3.25. The summed E-state index contributed by atoms with van der Waals surface area (Å²) in [5, 5.41) is 18.9. The topological polar surface area (TPSA) is 74.6 Å². The Hall–Kier alpha value is -0.910. The molecule has 1 aromatic carbocycles. The fraction of sp³-hybridized carbons (Fsp3) is 0.333. The van der Waals surface area contributed by atoms with Gasteiger partial charge in [-0.2, -0.15) is 0 Å². The van der Waals surface area contributed by atoms with Crippen LogP contribution in [0.3, 0.4) is 0 Å². The van der Waals surface area contributed by atoms with Crippen LogP contribution in [0, 0.1) is 0 Å². The molecule has 0 spiro atoms. The number of carboxylic acids is 1. The first-order valence-corrected chi connectivity index (χ1v) is 6.86. The van der Waals surface area contributed by atoms with E-state index >= 15 is 0 Å². The summed E-state index contributed by atoms with van der Waals surface area (Å²) in [4.78, 5) is 22.8. The quantitative estimate of drug-likeness (QED) is 0.619. The minimum atomic E-state index is -1.71. The highest BCUT2D eigenvalue weighted by molar-refractivity contribution is 9.08. The summed E-state index contributed by atoms with van der Waals surface area (Å²) in [6, 6.07) is 4.75. The Labute approximate surface area is 118 Å². The first-order chi connectivity index (χ1) is 8.52. The monoisotopic (exact) mass is 334 g/mol. The molecular weight excluding hydrogens is 323 g/mol. The van der Waals surface area contributed by atoms with Crippen LogP contribution in [0.25, 0.3) is 0 Å². The van der Waals surface area contributed by atoms with Crippen molar-refractivity contribution in [3.63, 3.8) is 0 Å². The summed E-state index contributed by atoms with van der Waals surface area (Å²) in [7, 11) is 0. The zero-order chi connectivity index (χ0) is 13.7. The molecule has 6 heteroatoms. The zero-order valence-corrected chi connectivity index (χ0v) is 11.7. The first kappa shape index (κ1) is 15.1. The van der Waals surface area contributed by atoms with Crippen LogP contribution in [0.2, 0.25) is 0 Å². The van der Waals surface area contributed by atoms with Crippen molar-refractivity contribution in [3.05, 3.63) is 34.9 Å². The Kier molecular flexibility index (Phi) is 5.78. The molecular formula is C12H12BrClO4. The van der Waals surface area contributed by atoms with E-state index in [0.29, 0.717) is 10.9 Å². The Morgan fingerprint density at radius 3 is 2.56 bits per heavy atom. The van der Waals surface area contributed by atoms with E-state index in [1.807, 2.05) is 0 Å². The highest BCUT2D eigenvalue weighted by Gasteiger charge is 2.24. The SMILES string of the molecule is O=C(CCCl)c1c(CBr)cccc1C(O)C(=O)O. The van der Waals surface area contributed by atoms with Gasteiger partial charge < -0.3 is 10.2 Å². The molecule has 0 aliphatic rings. The highest BCUT2D eigenvalue weighted by Crippen LogP contribution is 2.25. The van der Waals surface area contributed by atoms with Gasteiger partial charge in [-0.05, 0) is 5.56 Å². The maximum Gasteiger partial charge on any atom is 0.337 e. The van der Waals surface area contributed by atoms with Gasteiger partial charge in [-0.1, -0.05) is 34.1 Å². The van der Waals surface area contributed by atoms with Crippen LogP contribution in [-0.4, -0.2) is 27.8 Å². The standard InChI is InChI=1S/C12H12BrClO4/c13-6-7-2-1-3-8(11(16)12(17)18)10(7)9(15)4-5-14/h1-3,11,16H,4-6H2,(H,17,18). The van der Waals surface area contributed by atoms with E-state index in [1.165, 1.54) is 6.07 Å². The number of aliphatic hydroxyl groups excluding tert-OH is 1. The maximum absolute atomic E-state index is 12.0. The van der Waals surface area contributed by atoms with Crippen LogP contribution in [-0.2, 0) is 10.1 Å². The second-order valence-corrected chi connectivity index (χ2v) is 4.56. The Morgan fingerprint density at radius 1 is 1.39 bits per heavy atom. The van der Waals surface area contributed by atoms with E-state index in [2.05, 4.69) is 15.9 Å². The molecule has 0 aromatic heterocycles. The lowest BCUT2D eigenvalue weighted by Gasteiger charge is -2.14. The van der Waals surface area contributed by atoms with Crippen molar-refractivity contribution >= 4 is 39.3 Å². The lowest BCUT2D eigenvalue weighted by molar-refractivity contribution is -0.146. The van der Waals surface area contributed by atoms with E-state index in [-0.39, 0.29) is 29.2 Å². The van der Waals surface area contributed by atoms with Gasteiger partial charge in [-0.15, -0.1) is 11.6 Å². The van der Waals surface area contributed by atoms with Crippen LogP contribution in [0.4, 0.5) is 0 Å². The number of carbonyl (C=O) groups is 2. The predicted molar refractivity (Wildman–Crippen MR) is 71.3 cm³/mol. The number of alkyl halides is 2. The molecule has 1 rings (SSSR count). The lowest BCUT2D eigenvalue weighted by Crippen LogP contribution is -2.17. The maximum atomic E-state index is 12.0. The largest absolute Gasteiger partial charge is 0.479 e. The lowest BCUT2D eigenvalue weighted by atomic mass is 9.93. The fourth-order valence-corrected chi connectivity index (χ4v) is 2.28. The van der Waals surface area contributed by atoms with E-state index in [9.17, 15) is 14.7 Å². The van der Waals surface area contributed by atoms with Crippen LogP contribution in [0.15, 0.2) is 18.2 Å². The number of carboxylic acid groups (broad SMARTS) is 1. The summed E-state index contributed by atoms with van der Waals surface area (Å²) < 4.78 is 0. The van der Waals surface area contributed by atoms with Crippen molar-refractivity contribution in [2.45, 2.75) is 17.9 Å². The van der Waals surface area contributed by atoms with Crippen molar-refractivity contribution < 1.29 is 19.8 Å². The molecule has 2 N–H and O–H groups in total. The molecule has 4 nitrogen and oxygen atoms in total. The average molecular weight is 336 g/mol. The molecule has 1 atom stereocenters. The molecule has 1 unspecified atom stereocenters. The summed E-state index contributed by atoms with van der Waals surface area (Å²) >= 11 is 8.76. The number of rotatable bonds is 6. The Bertz CT molecular complexity index is 461. The zero-order valence-electron chi connectivity index (χ0n) is 9.40. The second kappa shape index (κ2) is 6.87. The summed E-state index contributed by atoms with van der Waals surface area (Å²) in [6.07, 6.45) is -1.61. The molecule has 0 fully saturated rings. The van der Waals surface area contributed by atoms with Gasteiger partial charge in [0.25, 0.3) is 0 Å². The smallest absolute Gasteiger partial charge is 0.337 e. The van der Waals surface area contributed by atoms with Gasteiger partial charge in [-0.3, -0.25) is 4.79 Å². The molecule has 1 aromatic rings. The number of hydrogen-bond donors (Lipinski definition) is 2. The van der Waals surface area contributed by atoms with Crippen LogP contribution >= 0.6 is 27.5 Å². The third-order valence-electron chi connectivity index (χ3n) is 2.46. The number of ketones is 1. The highest BCUT2D eigenvalue weighted by atomic mass is 79.9. The third kappa shape index (κ3) is 3.31. The van der Waals surface area contributed by atoms with Crippen LogP contribution in [0.1, 0.15) is 34.0 Å². The van der Waals surface area contributed by atoms with Gasteiger partial charge in [0.1, 0.15) is 0 Å². The molecule has 0 heterocycles. The van der Waals surface area contributed by atoms with Crippen molar-refractivity contribution in [2.75, 3.05) is 5.88 Å². The average Bonchev–Trinajstić information content (AvgIpc) is 2.36. The van der Waals surface area contributed by atoms with Crippen LogP contribution < -0.4 is 0 Å². The fourth-order valence-electron chi connectivity index (χ4n) is 1.64. The molecule has 0 bridgehead atoms. The van der Waals surface area contributed by atoms with Gasteiger partial charge in [0, 0.05) is 28.8 Å². The summed E-state index contributed by atoms with van der Waals surface area (Å²) in [5.41, 5.74) is 0.988. The van der Waals surface area contributed by atoms with Crippen molar-refractivity contribution in [1.29, 1.82) is 0 Å². The van der Waals surface area contributed by atoms with Crippen molar-refractivity contribution in [3.8, 4) is 0 Å². The van der Waals surface area contributed by atoms with Crippen LogP contribution in [0.5, 0.6) is 0 Å². The molecule has 0 aliphatic heterocycles. The number of hydrogen-bond acceptors (Lipinski definition) is 3. The Morgan fingerprint density at radius 2 is 2.06 bits per heavy atom. The number of halogens is 2. The van der Waals surface area contributed by atoms with Gasteiger partial charge in [-0.25, -0.2) is 4.79 Å². The number of aliphatic carboxylic acids is 1. The van der Waals surface area contributed by atoms with E-state index < -0.39 is 12.1 Å². The van der Waals surface area contributed by atoms with Gasteiger partial charge in [0.2, 0.25) is 0 Å². The van der Waals surface area contributed by atoms with E-state index in [4.69, 9.17) is 16.7 Å². The van der Waals surface area contributed by atoms with E-state index in [1.54, 1.807) is 12.1 Å². The van der Waals surface area contributed by atoms with Gasteiger partial charge in [0.05, 0.1) is 0 Å². The minimum absolute atomic E-state index is 0.102. The van der Waals surface area contributed by atoms with Gasteiger partial charge >= 0.3 is 5.97 Å². The molecule has 0 amide bonds. The van der Waals surface area contributed by atoms with Gasteiger partial charge in [0.15, 0.2) is 11.9 Å². The van der Waals surface area contributed by atoms with E-state index in [0.717, 1.165) is 0 Å². The molecule has 0 saturated heterocycles. The molecule has 0 aliphatic carbocycles. The predicted octanol–water partition coefficient (Wildman–Crippen LogP) is 2.51. The number of aliphatic hydroxyl groups is 1. The molecule has 98 valence electrons. The minimum Gasteiger partial charge on any atom is -0.479 e. The molecule has 0 saturated carbocycles. The Balaban J connectivity index is 3.33. The molecule has 0 radical (unpaired) electrons. The number of benzene rings is 1. The number of Topliss-reactive ketones (excluding diaryl/α,β-unsaturated/α-hetero) is 1. The van der Waals surface area contributed by atoms with Crippen molar-refractivity contribution in [2.24, 2.45) is 0 Å². The van der Waals surface area contributed by atoms with Crippen molar-refractivity contribution in [1.82, 2.24) is 0 Å². The summed E-state index contributed by atoms with van der Waals surface area (Å²) in [5.74, 6) is -1.50. The molecule has 18 heavy (non-hydrogen) atoms. The second-order valence-electron chi connectivity index (χ2n) is 3.62. The number of carbonyl (C=O) groups excluding carboxylic acids is 1. The summed E-state index contributed by atoms with van der Waals surface area (Å²) in [6.45, 7) is 0.